The standard InChI is InChI=1S/C15H15FO2/c1-11-7-13(9-17)14(16)8-15(11)18-10-12-5-3-2-4-6-12/h2-6,8-9,11H,7,10H2,1H3. The lowest BCUT2D eigenvalue weighted by atomic mass is 9.94. The third kappa shape index (κ3) is 2.86. The highest BCUT2D eigenvalue weighted by Crippen LogP contribution is 2.29. The lowest BCUT2D eigenvalue weighted by molar-refractivity contribution is -0.105. The van der Waals surface area contributed by atoms with Crippen LogP contribution in [0.15, 0.2) is 53.6 Å². The molecule has 0 radical (unpaired) electrons. The number of hydrogen-bond donors (Lipinski definition) is 0. The summed E-state index contributed by atoms with van der Waals surface area (Å²) in [5.41, 5.74) is 1.26. The molecule has 0 N–H and O–H groups in total. The molecule has 0 spiro atoms. The van der Waals surface area contributed by atoms with E-state index in [9.17, 15) is 9.18 Å². The minimum Gasteiger partial charge on any atom is -0.493 e. The smallest absolute Gasteiger partial charge is 0.148 e. The summed E-state index contributed by atoms with van der Waals surface area (Å²) in [5, 5.41) is 0. The number of rotatable bonds is 4. The van der Waals surface area contributed by atoms with Gasteiger partial charge in [0.2, 0.25) is 0 Å². The van der Waals surface area contributed by atoms with Crippen molar-refractivity contribution in [3.63, 3.8) is 0 Å². The molecule has 0 amide bonds. The van der Waals surface area contributed by atoms with Crippen molar-refractivity contribution in [1.82, 2.24) is 0 Å². The number of allylic oxidation sites excluding steroid dienone is 4. The third-order valence-electron chi connectivity index (χ3n) is 2.98. The molecule has 0 saturated heterocycles. The van der Waals surface area contributed by atoms with Crippen LogP contribution in [0.3, 0.4) is 0 Å². The van der Waals surface area contributed by atoms with E-state index in [1.807, 2.05) is 37.3 Å². The molecule has 94 valence electrons. The first kappa shape index (κ1) is 12.6. The first-order chi connectivity index (χ1) is 8.70. The zero-order valence-corrected chi connectivity index (χ0v) is 10.2. The Morgan fingerprint density at radius 3 is 2.78 bits per heavy atom. The van der Waals surface area contributed by atoms with Crippen LogP contribution in [0.2, 0.25) is 0 Å². The van der Waals surface area contributed by atoms with Gasteiger partial charge >= 0.3 is 0 Å². The van der Waals surface area contributed by atoms with Gasteiger partial charge in [-0.1, -0.05) is 37.3 Å². The number of benzene rings is 1. The van der Waals surface area contributed by atoms with Crippen LogP contribution in [0.5, 0.6) is 0 Å². The topological polar surface area (TPSA) is 26.3 Å². The van der Waals surface area contributed by atoms with Gasteiger partial charge in [0.05, 0.1) is 0 Å². The van der Waals surface area contributed by atoms with E-state index in [-0.39, 0.29) is 11.5 Å². The van der Waals surface area contributed by atoms with E-state index in [1.165, 1.54) is 6.08 Å². The highest BCUT2D eigenvalue weighted by Gasteiger charge is 2.21. The minimum absolute atomic E-state index is 0.0356. The van der Waals surface area contributed by atoms with Gasteiger partial charge in [0.1, 0.15) is 24.5 Å². The fourth-order valence-electron chi connectivity index (χ4n) is 1.92. The summed E-state index contributed by atoms with van der Waals surface area (Å²) in [6, 6.07) is 9.71. The SMILES string of the molecule is CC1CC(C=O)=C(F)C=C1OCc1ccccc1. The average Bonchev–Trinajstić information content (AvgIpc) is 2.40. The summed E-state index contributed by atoms with van der Waals surface area (Å²) < 4.78 is 19.1. The van der Waals surface area contributed by atoms with E-state index in [0.717, 1.165) is 5.56 Å². The summed E-state index contributed by atoms with van der Waals surface area (Å²) >= 11 is 0. The van der Waals surface area contributed by atoms with Gasteiger partial charge in [-0.15, -0.1) is 0 Å². The molecule has 1 atom stereocenters. The normalized spacial score (nSPS) is 19.4. The van der Waals surface area contributed by atoms with Gasteiger partial charge in [0.15, 0.2) is 0 Å². The van der Waals surface area contributed by atoms with Crippen molar-refractivity contribution in [2.45, 2.75) is 20.0 Å². The number of aldehydes is 1. The lowest BCUT2D eigenvalue weighted by Crippen LogP contribution is -2.11. The summed E-state index contributed by atoms with van der Waals surface area (Å²) in [4.78, 5) is 10.6. The van der Waals surface area contributed by atoms with Crippen molar-refractivity contribution in [3.8, 4) is 0 Å². The van der Waals surface area contributed by atoms with Crippen LogP contribution in [-0.2, 0) is 16.1 Å². The van der Waals surface area contributed by atoms with Crippen LogP contribution in [0, 0.1) is 5.92 Å². The molecular formula is C15H15FO2. The van der Waals surface area contributed by atoms with Gasteiger partial charge < -0.3 is 4.74 Å². The molecular weight excluding hydrogens is 231 g/mol. The minimum atomic E-state index is -0.480. The van der Waals surface area contributed by atoms with Gasteiger partial charge in [0.25, 0.3) is 0 Å². The Kier molecular flexibility index (Phi) is 3.92. The first-order valence-electron chi connectivity index (χ1n) is 5.93. The molecule has 2 rings (SSSR count). The maximum Gasteiger partial charge on any atom is 0.148 e. The fraction of sp³-hybridized carbons (Fsp3) is 0.267. The van der Waals surface area contributed by atoms with E-state index < -0.39 is 5.83 Å². The average molecular weight is 246 g/mol. The van der Waals surface area contributed by atoms with Crippen LogP contribution in [-0.4, -0.2) is 6.29 Å². The van der Waals surface area contributed by atoms with E-state index in [0.29, 0.717) is 25.1 Å². The molecule has 3 heteroatoms. The zero-order valence-electron chi connectivity index (χ0n) is 10.2. The molecule has 1 aliphatic carbocycles. The van der Waals surface area contributed by atoms with Crippen molar-refractivity contribution < 1.29 is 13.9 Å². The van der Waals surface area contributed by atoms with Crippen LogP contribution in [0.25, 0.3) is 0 Å². The van der Waals surface area contributed by atoms with Crippen molar-refractivity contribution >= 4 is 6.29 Å². The van der Waals surface area contributed by atoms with Crippen LogP contribution in [0.4, 0.5) is 4.39 Å². The second-order valence-corrected chi connectivity index (χ2v) is 4.42. The Labute approximate surface area is 106 Å². The largest absolute Gasteiger partial charge is 0.493 e. The van der Waals surface area contributed by atoms with Gasteiger partial charge in [-0.05, 0) is 12.0 Å². The number of hydrogen-bond acceptors (Lipinski definition) is 2. The second-order valence-electron chi connectivity index (χ2n) is 4.42. The summed E-state index contributed by atoms with van der Waals surface area (Å²) in [7, 11) is 0. The van der Waals surface area contributed by atoms with Crippen LogP contribution >= 0.6 is 0 Å². The molecule has 0 aliphatic heterocycles. The Bertz CT molecular complexity index is 488. The van der Waals surface area contributed by atoms with E-state index in [2.05, 4.69) is 0 Å². The molecule has 1 aliphatic rings. The number of carbonyl (C=O) groups excluding carboxylic acids is 1. The van der Waals surface area contributed by atoms with Crippen molar-refractivity contribution in [2.24, 2.45) is 5.92 Å². The monoisotopic (exact) mass is 246 g/mol. The van der Waals surface area contributed by atoms with Crippen molar-refractivity contribution in [3.05, 3.63) is 59.1 Å². The van der Waals surface area contributed by atoms with Gasteiger partial charge in [0, 0.05) is 17.6 Å². The molecule has 1 aromatic rings. The van der Waals surface area contributed by atoms with Crippen LogP contribution in [0.1, 0.15) is 18.9 Å². The molecule has 1 unspecified atom stereocenters. The van der Waals surface area contributed by atoms with Gasteiger partial charge in [-0.25, -0.2) is 4.39 Å². The van der Waals surface area contributed by atoms with Gasteiger partial charge in [-0.2, -0.15) is 0 Å². The summed E-state index contributed by atoms with van der Waals surface area (Å²) in [6.45, 7) is 2.34. The Hall–Kier alpha value is -1.90. The van der Waals surface area contributed by atoms with E-state index >= 15 is 0 Å². The maximum absolute atomic E-state index is 13.5. The van der Waals surface area contributed by atoms with Crippen molar-refractivity contribution in [2.75, 3.05) is 0 Å². The predicted octanol–water partition coefficient (Wildman–Crippen LogP) is 3.55. The Morgan fingerprint density at radius 1 is 1.39 bits per heavy atom. The van der Waals surface area contributed by atoms with Crippen molar-refractivity contribution in [1.29, 1.82) is 0 Å². The second kappa shape index (κ2) is 5.63. The molecule has 2 nitrogen and oxygen atoms in total. The van der Waals surface area contributed by atoms with Crippen LogP contribution < -0.4 is 0 Å². The van der Waals surface area contributed by atoms with E-state index in [1.54, 1.807) is 0 Å². The number of ether oxygens (including phenoxy) is 1. The van der Waals surface area contributed by atoms with E-state index in [4.69, 9.17) is 4.74 Å². The number of carbonyl (C=O) groups is 1. The Balaban J connectivity index is 2.05. The summed E-state index contributed by atoms with van der Waals surface area (Å²) in [6.07, 6.45) is 2.30. The quantitative estimate of drug-likeness (QED) is 0.759. The fourth-order valence-corrected chi connectivity index (χ4v) is 1.92. The molecule has 0 heterocycles. The molecule has 0 aromatic heterocycles. The highest BCUT2D eigenvalue weighted by atomic mass is 19.1. The zero-order chi connectivity index (χ0) is 13.0. The predicted molar refractivity (Wildman–Crippen MR) is 67.3 cm³/mol. The third-order valence-corrected chi connectivity index (χ3v) is 2.98. The molecule has 1 aromatic carbocycles. The lowest BCUT2D eigenvalue weighted by Gasteiger charge is -2.21. The number of halogens is 1. The maximum atomic E-state index is 13.5. The molecule has 0 saturated carbocycles. The first-order valence-corrected chi connectivity index (χ1v) is 5.93. The Morgan fingerprint density at radius 2 is 2.11 bits per heavy atom. The molecule has 18 heavy (non-hydrogen) atoms. The molecule has 0 bridgehead atoms. The molecule has 0 fully saturated rings. The highest BCUT2D eigenvalue weighted by molar-refractivity contribution is 5.75. The summed E-state index contributed by atoms with van der Waals surface area (Å²) in [5.74, 6) is 0.154. The van der Waals surface area contributed by atoms with Gasteiger partial charge in [-0.3, -0.25) is 4.79 Å².